The van der Waals surface area contributed by atoms with Crippen LogP contribution in [-0.2, 0) is 22.9 Å². The van der Waals surface area contributed by atoms with Crippen molar-refractivity contribution >= 4 is 19.3 Å². The van der Waals surface area contributed by atoms with E-state index in [9.17, 15) is 4.57 Å². The monoisotopic (exact) mass is 387 g/mol. The number of hydrogen-bond donors (Lipinski definition) is 1. The van der Waals surface area contributed by atoms with Crippen LogP contribution >= 0.6 is 7.82 Å². The number of imidazole rings is 1. The van der Waals surface area contributed by atoms with Gasteiger partial charge in [0.15, 0.2) is 17.1 Å². The average Bonchev–Trinajstić information content (AvgIpc) is 3.07. The number of aromatic nitrogens is 4. The number of nitrogen functional groups attached to an aromatic ring is 1. The van der Waals surface area contributed by atoms with E-state index in [1.807, 2.05) is 0 Å². The van der Waals surface area contributed by atoms with E-state index in [2.05, 4.69) is 15.1 Å². The minimum Gasteiger partial charge on any atom is -0.381 e. The van der Waals surface area contributed by atoms with Crippen LogP contribution in [0.3, 0.4) is 0 Å². The lowest BCUT2D eigenvalue weighted by atomic mass is 9.93. The molecule has 0 aliphatic carbocycles. The summed E-state index contributed by atoms with van der Waals surface area (Å²) in [6.45, 7) is 4.57. The van der Waals surface area contributed by atoms with Gasteiger partial charge in [0, 0.05) is 0 Å². The molecule has 2 aromatic heterocycles. The standard InChI is InChI=1S/C14H19FN5O5P/c1-7(2)24-26(21)22-5-9-11(25-26)14(3,15)10(23-9)8-4-17-13-12(16)18-6-19-20(8)13/h4,6-7,9-11H,5H2,1-3H3,(H2,16,18,19). The molecule has 2 saturated heterocycles. The molecule has 0 saturated carbocycles. The van der Waals surface area contributed by atoms with Crippen LogP contribution in [-0.4, -0.2) is 50.2 Å². The Kier molecular flexibility index (Phi) is 4.05. The zero-order valence-corrected chi connectivity index (χ0v) is 15.3. The molecule has 4 heterocycles. The van der Waals surface area contributed by atoms with Crippen molar-refractivity contribution in [2.45, 2.75) is 50.9 Å². The summed E-state index contributed by atoms with van der Waals surface area (Å²) in [7, 11) is -3.87. The third kappa shape index (κ3) is 2.71. The minimum atomic E-state index is -3.87. The predicted octanol–water partition coefficient (Wildman–Crippen LogP) is 1.82. The van der Waals surface area contributed by atoms with Crippen LogP contribution in [0.15, 0.2) is 12.5 Å². The summed E-state index contributed by atoms with van der Waals surface area (Å²) in [4.78, 5) is 7.98. The molecule has 2 fully saturated rings. The van der Waals surface area contributed by atoms with Gasteiger partial charge < -0.3 is 10.5 Å². The SMILES string of the molecule is CC(C)OP1(=O)OCC2OC(c3cnc4c(N)ncnn34)C(C)(F)C2O1. The Balaban J connectivity index is 1.68. The van der Waals surface area contributed by atoms with E-state index in [1.54, 1.807) is 13.8 Å². The fraction of sp³-hybridized carbons (Fsp3) is 0.643. The first kappa shape index (κ1) is 17.7. The van der Waals surface area contributed by atoms with Gasteiger partial charge in [-0.25, -0.2) is 23.4 Å². The Morgan fingerprint density at radius 1 is 1.50 bits per heavy atom. The van der Waals surface area contributed by atoms with E-state index in [0.717, 1.165) is 0 Å². The van der Waals surface area contributed by atoms with E-state index in [-0.39, 0.29) is 12.4 Å². The van der Waals surface area contributed by atoms with E-state index in [0.29, 0.717) is 11.3 Å². The van der Waals surface area contributed by atoms with Gasteiger partial charge in [-0.2, -0.15) is 5.10 Å². The van der Waals surface area contributed by atoms with Crippen molar-refractivity contribution in [3.8, 4) is 0 Å². The highest BCUT2D eigenvalue weighted by Gasteiger charge is 2.62. The number of hydrogen-bond acceptors (Lipinski definition) is 9. The molecule has 4 rings (SSSR count). The molecular weight excluding hydrogens is 368 g/mol. The number of phosphoric ester groups is 1. The summed E-state index contributed by atoms with van der Waals surface area (Å²) in [6.07, 6.45) is -0.690. The quantitative estimate of drug-likeness (QED) is 0.786. The zero-order chi connectivity index (χ0) is 18.7. The smallest absolute Gasteiger partial charge is 0.381 e. The number of fused-ring (bicyclic) bond motifs is 2. The normalized spacial score (nSPS) is 37.3. The van der Waals surface area contributed by atoms with Crippen LogP contribution in [0.2, 0.25) is 0 Å². The van der Waals surface area contributed by atoms with Crippen molar-refractivity contribution in [1.29, 1.82) is 0 Å². The molecule has 0 radical (unpaired) electrons. The molecule has 0 spiro atoms. The Labute approximate surface area is 148 Å². The van der Waals surface area contributed by atoms with Crippen molar-refractivity contribution in [3.63, 3.8) is 0 Å². The molecule has 2 aliphatic heterocycles. The van der Waals surface area contributed by atoms with Crippen molar-refractivity contribution < 1.29 is 27.3 Å². The fourth-order valence-electron chi connectivity index (χ4n) is 3.23. The van der Waals surface area contributed by atoms with Crippen molar-refractivity contribution in [3.05, 3.63) is 18.2 Å². The summed E-state index contributed by atoms with van der Waals surface area (Å²) in [5, 5.41) is 4.06. The van der Waals surface area contributed by atoms with Gasteiger partial charge in [0.25, 0.3) is 0 Å². The van der Waals surface area contributed by atoms with Crippen molar-refractivity contribution in [2.75, 3.05) is 12.3 Å². The Morgan fingerprint density at radius 3 is 3.00 bits per heavy atom. The summed E-state index contributed by atoms with van der Waals surface area (Å²) in [5.41, 5.74) is 4.38. The second kappa shape index (κ2) is 5.93. The van der Waals surface area contributed by atoms with Crippen LogP contribution in [0.1, 0.15) is 32.6 Å². The lowest BCUT2D eigenvalue weighted by molar-refractivity contribution is -0.0665. The van der Waals surface area contributed by atoms with Crippen LogP contribution in [0.25, 0.3) is 5.65 Å². The molecule has 2 aliphatic rings. The highest BCUT2D eigenvalue weighted by molar-refractivity contribution is 7.48. The molecule has 26 heavy (non-hydrogen) atoms. The molecule has 0 aromatic carbocycles. The maximum absolute atomic E-state index is 15.7. The first-order valence-electron chi connectivity index (χ1n) is 8.11. The molecule has 0 bridgehead atoms. The molecule has 0 amide bonds. The van der Waals surface area contributed by atoms with Crippen LogP contribution < -0.4 is 5.73 Å². The lowest BCUT2D eigenvalue weighted by Crippen LogP contribution is -2.44. The van der Waals surface area contributed by atoms with Gasteiger partial charge in [-0.15, -0.1) is 0 Å². The first-order valence-corrected chi connectivity index (χ1v) is 9.57. The van der Waals surface area contributed by atoms with E-state index >= 15 is 4.39 Å². The Hall–Kier alpha value is -1.65. The largest absolute Gasteiger partial charge is 0.475 e. The molecule has 2 N–H and O–H groups in total. The molecule has 5 unspecified atom stereocenters. The average molecular weight is 387 g/mol. The maximum Gasteiger partial charge on any atom is 0.475 e. The summed E-state index contributed by atoms with van der Waals surface area (Å²) >= 11 is 0. The van der Waals surface area contributed by atoms with E-state index in [1.165, 1.54) is 24.0 Å². The number of ether oxygens (including phenoxy) is 1. The topological polar surface area (TPSA) is 123 Å². The molecule has 10 nitrogen and oxygen atoms in total. The molecule has 12 heteroatoms. The van der Waals surface area contributed by atoms with Crippen molar-refractivity contribution in [2.24, 2.45) is 0 Å². The molecule has 2 aromatic rings. The lowest BCUT2D eigenvalue weighted by Gasteiger charge is -2.34. The number of halogens is 1. The second-order valence-corrected chi connectivity index (χ2v) is 8.27. The number of phosphoric acid groups is 1. The van der Waals surface area contributed by atoms with Crippen LogP contribution in [0.5, 0.6) is 0 Å². The van der Waals surface area contributed by atoms with Gasteiger partial charge in [0.2, 0.25) is 0 Å². The fourth-order valence-corrected chi connectivity index (χ4v) is 4.86. The number of alkyl halides is 1. The molecule has 5 atom stereocenters. The third-order valence-electron chi connectivity index (χ3n) is 4.32. The summed E-state index contributed by atoms with van der Waals surface area (Å²) in [5.74, 6) is 0.164. The van der Waals surface area contributed by atoms with Crippen LogP contribution in [0, 0.1) is 0 Å². The number of rotatable bonds is 3. The molecular formula is C14H19FN5O5P. The first-order chi connectivity index (χ1) is 12.2. The minimum absolute atomic E-state index is 0.113. The Morgan fingerprint density at radius 2 is 2.27 bits per heavy atom. The highest BCUT2D eigenvalue weighted by atomic mass is 31.2. The van der Waals surface area contributed by atoms with Crippen LogP contribution in [0.4, 0.5) is 10.2 Å². The van der Waals surface area contributed by atoms with E-state index < -0.39 is 37.9 Å². The van der Waals surface area contributed by atoms with Gasteiger partial charge in [0.1, 0.15) is 24.6 Å². The van der Waals surface area contributed by atoms with E-state index in [4.69, 9.17) is 24.0 Å². The Bertz CT molecular complexity index is 890. The van der Waals surface area contributed by atoms with Gasteiger partial charge in [0.05, 0.1) is 24.6 Å². The number of nitrogens with two attached hydrogens (primary N) is 1. The zero-order valence-electron chi connectivity index (χ0n) is 14.4. The van der Waals surface area contributed by atoms with Gasteiger partial charge in [-0.3, -0.25) is 13.6 Å². The predicted molar refractivity (Wildman–Crippen MR) is 87.0 cm³/mol. The summed E-state index contributed by atoms with van der Waals surface area (Å²) < 4.78 is 51.3. The number of anilines is 1. The van der Waals surface area contributed by atoms with Crippen molar-refractivity contribution in [1.82, 2.24) is 19.6 Å². The summed E-state index contributed by atoms with van der Waals surface area (Å²) in [6, 6.07) is 0. The molecule has 142 valence electrons. The highest BCUT2D eigenvalue weighted by Crippen LogP contribution is 2.60. The van der Waals surface area contributed by atoms with Gasteiger partial charge in [-0.05, 0) is 20.8 Å². The second-order valence-electron chi connectivity index (χ2n) is 6.69. The maximum atomic E-state index is 15.7. The third-order valence-corrected chi connectivity index (χ3v) is 5.95. The van der Waals surface area contributed by atoms with Gasteiger partial charge in [-0.1, -0.05) is 0 Å². The number of nitrogens with zero attached hydrogens (tertiary/aromatic N) is 4. The van der Waals surface area contributed by atoms with Gasteiger partial charge >= 0.3 is 7.82 Å².